The zero-order valence-corrected chi connectivity index (χ0v) is 9.64. The molecule has 0 aliphatic carbocycles. The molecular weight excluding hydrogens is 230 g/mol. The molecule has 0 unspecified atom stereocenters. The highest BCUT2D eigenvalue weighted by Gasteiger charge is 2.21. The third-order valence-electron chi connectivity index (χ3n) is 2.56. The Balaban J connectivity index is 2.30. The first-order valence-electron chi connectivity index (χ1n) is 4.65. The SMILES string of the molecule is C=C(Br)CN1CCC(C(C)=O)CC1. The molecule has 0 atom stereocenters. The van der Waals surface area contributed by atoms with E-state index in [9.17, 15) is 4.79 Å². The summed E-state index contributed by atoms with van der Waals surface area (Å²) in [5, 5.41) is 0. The lowest BCUT2D eigenvalue weighted by Gasteiger charge is -2.30. The lowest BCUT2D eigenvalue weighted by atomic mass is 9.93. The van der Waals surface area contributed by atoms with E-state index < -0.39 is 0 Å². The molecule has 0 spiro atoms. The van der Waals surface area contributed by atoms with Crippen molar-refractivity contribution in [3.63, 3.8) is 0 Å². The number of ketones is 1. The molecule has 0 radical (unpaired) electrons. The second-order valence-corrected chi connectivity index (χ2v) is 4.80. The van der Waals surface area contributed by atoms with Gasteiger partial charge in [0.25, 0.3) is 0 Å². The van der Waals surface area contributed by atoms with E-state index >= 15 is 0 Å². The highest BCUT2D eigenvalue weighted by atomic mass is 79.9. The third kappa shape index (κ3) is 3.61. The van der Waals surface area contributed by atoms with Crippen LogP contribution in [0.5, 0.6) is 0 Å². The molecule has 1 aliphatic rings. The zero-order chi connectivity index (χ0) is 9.84. The summed E-state index contributed by atoms with van der Waals surface area (Å²) in [6.45, 7) is 8.46. The van der Waals surface area contributed by atoms with Crippen LogP contribution in [-0.2, 0) is 4.79 Å². The maximum absolute atomic E-state index is 11.1. The monoisotopic (exact) mass is 245 g/mol. The van der Waals surface area contributed by atoms with E-state index in [2.05, 4.69) is 27.4 Å². The Morgan fingerprint density at radius 3 is 2.46 bits per heavy atom. The number of hydrogen-bond acceptors (Lipinski definition) is 2. The van der Waals surface area contributed by atoms with Gasteiger partial charge in [-0.1, -0.05) is 22.5 Å². The third-order valence-corrected chi connectivity index (χ3v) is 2.81. The number of piperidine rings is 1. The van der Waals surface area contributed by atoms with E-state index in [4.69, 9.17) is 0 Å². The van der Waals surface area contributed by atoms with Gasteiger partial charge < -0.3 is 0 Å². The molecule has 1 aliphatic heterocycles. The van der Waals surface area contributed by atoms with Crippen LogP contribution in [0.3, 0.4) is 0 Å². The highest BCUT2D eigenvalue weighted by Crippen LogP contribution is 2.19. The number of halogens is 1. The first-order valence-corrected chi connectivity index (χ1v) is 5.45. The molecule has 3 heteroatoms. The summed E-state index contributed by atoms with van der Waals surface area (Å²) in [5.74, 6) is 0.650. The van der Waals surface area contributed by atoms with E-state index in [-0.39, 0.29) is 0 Å². The van der Waals surface area contributed by atoms with Crippen molar-refractivity contribution < 1.29 is 4.79 Å². The highest BCUT2D eigenvalue weighted by molar-refractivity contribution is 9.11. The fourth-order valence-corrected chi connectivity index (χ4v) is 2.09. The Hall–Kier alpha value is -0.150. The minimum Gasteiger partial charge on any atom is -0.300 e. The summed E-state index contributed by atoms with van der Waals surface area (Å²) in [7, 11) is 0. The minimum absolute atomic E-state index is 0.305. The summed E-state index contributed by atoms with van der Waals surface area (Å²) in [6, 6.07) is 0. The molecule has 0 N–H and O–H groups in total. The van der Waals surface area contributed by atoms with Gasteiger partial charge in [0.2, 0.25) is 0 Å². The molecule has 1 heterocycles. The van der Waals surface area contributed by atoms with E-state index in [1.165, 1.54) is 0 Å². The van der Waals surface area contributed by atoms with E-state index in [0.717, 1.165) is 37.0 Å². The van der Waals surface area contributed by atoms with Crippen molar-refractivity contribution in [3.05, 3.63) is 11.1 Å². The van der Waals surface area contributed by atoms with Crippen LogP contribution < -0.4 is 0 Å². The first-order chi connectivity index (χ1) is 6.09. The van der Waals surface area contributed by atoms with Gasteiger partial charge in [-0.2, -0.15) is 0 Å². The molecule has 0 amide bonds. The van der Waals surface area contributed by atoms with Crippen LogP contribution in [0.25, 0.3) is 0 Å². The molecule has 0 aromatic carbocycles. The second-order valence-electron chi connectivity index (χ2n) is 3.68. The summed E-state index contributed by atoms with van der Waals surface area (Å²) in [4.78, 5) is 13.4. The number of rotatable bonds is 3. The van der Waals surface area contributed by atoms with Gasteiger partial charge in [-0.15, -0.1) is 0 Å². The number of Topliss-reactive ketones (excluding diaryl/α,β-unsaturated/α-hetero) is 1. The number of likely N-dealkylation sites (tertiary alicyclic amines) is 1. The van der Waals surface area contributed by atoms with Gasteiger partial charge in [0.1, 0.15) is 5.78 Å². The van der Waals surface area contributed by atoms with Crippen LogP contribution in [0, 0.1) is 5.92 Å². The lowest BCUT2D eigenvalue weighted by molar-refractivity contribution is -0.122. The predicted molar refractivity (Wildman–Crippen MR) is 57.9 cm³/mol. The Morgan fingerprint density at radius 2 is 2.08 bits per heavy atom. The average molecular weight is 246 g/mol. The van der Waals surface area contributed by atoms with E-state index in [0.29, 0.717) is 11.7 Å². The van der Waals surface area contributed by atoms with Crippen molar-refractivity contribution in [2.24, 2.45) is 5.92 Å². The molecule has 1 saturated heterocycles. The molecule has 2 nitrogen and oxygen atoms in total. The van der Waals surface area contributed by atoms with Crippen molar-refractivity contribution >= 4 is 21.7 Å². The van der Waals surface area contributed by atoms with Gasteiger partial charge in [0, 0.05) is 16.9 Å². The van der Waals surface area contributed by atoms with Gasteiger partial charge in [-0.3, -0.25) is 9.69 Å². The van der Waals surface area contributed by atoms with Gasteiger partial charge in [0.15, 0.2) is 0 Å². The number of hydrogen-bond donors (Lipinski definition) is 0. The molecule has 13 heavy (non-hydrogen) atoms. The zero-order valence-electron chi connectivity index (χ0n) is 8.05. The molecule has 0 aromatic heterocycles. The first kappa shape index (κ1) is 10.9. The smallest absolute Gasteiger partial charge is 0.133 e. The van der Waals surface area contributed by atoms with Crippen LogP contribution >= 0.6 is 15.9 Å². The summed E-state index contributed by atoms with van der Waals surface area (Å²) < 4.78 is 1.02. The Morgan fingerprint density at radius 1 is 1.54 bits per heavy atom. The Labute approximate surface area is 88.1 Å². The van der Waals surface area contributed by atoms with Crippen LogP contribution in [0.15, 0.2) is 11.1 Å². The minimum atomic E-state index is 0.305. The maximum Gasteiger partial charge on any atom is 0.133 e. The predicted octanol–water partition coefficient (Wildman–Crippen LogP) is 2.20. The van der Waals surface area contributed by atoms with Gasteiger partial charge in [-0.05, 0) is 32.9 Å². The van der Waals surface area contributed by atoms with Crippen molar-refractivity contribution in [2.75, 3.05) is 19.6 Å². The number of carbonyl (C=O) groups is 1. The largest absolute Gasteiger partial charge is 0.300 e. The Bertz CT molecular complexity index is 207. The molecule has 1 rings (SSSR count). The van der Waals surface area contributed by atoms with Crippen LogP contribution in [-0.4, -0.2) is 30.3 Å². The lowest BCUT2D eigenvalue weighted by Crippen LogP contribution is -2.36. The maximum atomic E-state index is 11.1. The standard InChI is InChI=1S/C10H16BrNO/c1-8(11)7-12-5-3-10(4-6-12)9(2)13/h10H,1,3-7H2,2H3. The fraction of sp³-hybridized carbons (Fsp3) is 0.700. The van der Waals surface area contributed by atoms with E-state index in [1.54, 1.807) is 6.92 Å². The number of nitrogens with zero attached hydrogens (tertiary/aromatic N) is 1. The van der Waals surface area contributed by atoms with Crippen molar-refractivity contribution in [2.45, 2.75) is 19.8 Å². The average Bonchev–Trinajstić information content (AvgIpc) is 2.04. The topological polar surface area (TPSA) is 20.3 Å². The molecule has 1 fully saturated rings. The normalized spacial score (nSPS) is 20.2. The molecule has 0 saturated carbocycles. The van der Waals surface area contributed by atoms with Crippen LogP contribution in [0.4, 0.5) is 0 Å². The molecule has 0 bridgehead atoms. The van der Waals surface area contributed by atoms with Gasteiger partial charge >= 0.3 is 0 Å². The number of carbonyl (C=O) groups excluding carboxylic acids is 1. The Kier molecular flexibility index (Phi) is 4.13. The van der Waals surface area contributed by atoms with Crippen LogP contribution in [0.1, 0.15) is 19.8 Å². The van der Waals surface area contributed by atoms with Crippen molar-refractivity contribution in [1.82, 2.24) is 4.90 Å². The van der Waals surface area contributed by atoms with Crippen molar-refractivity contribution in [1.29, 1.82) is 0 Å². The summed E-state index contributed by atoms with van der Waals surface area (Å²) >= 11 is 3.35. The second kappa shape index (κ2) is 4.91. The summed E-state index contributed by atoms with van der Waals surface area (Å²) in [5.41, 5.74) is 0. The summed E-state index contributed by atoms with van der Waals surface area (Å²) in [6.07, 6.45) is 2.02. The fourth-order valence-electron chi connectivity index (χ4n) is 1.74. The molecule has 0 aromatic rings. The van der Waals surface area contributed by atoms with Crippen molar-refractivity contribution in [3.8, 4) is 0 Å². The van der Waals surface area contributed by atoms with Gasteiger partial charge in [0.05, 0.1) is 0 Å². The molecular formula is C10H16BrNO. The van der Waals surface area contributed by atoms with Gasteiger partial charge in [-0.25, -0.2) is 0 Å². The molecule has 74 valence electrons. The quantitative estimate of drug-likeness (QED) is 0.760. The van der Waals surface area contributed by atoms with Crippen LogP contribution in [0.2, 0.25) is 0 Å². The van der Waals surface area contributed by atoms with E-state index in [1.807, 2.05) is 0 Å².